The van der Waals surface area contributed by atoms with Gasteiger partial charge in [-0.05, 0) is 31.4 Å². The lowest BCUT2D eigenvalue weighted by molar-refractivity contribution is 0.199. The van der Waals surface area contributed by atoms with E-state index >= 15 is 0 Å². The molecule has 0 spiro atoms. The number of imidazole rings is 1. The predicted molar refractivity (Wildman–Crippen MR) is 104 cm³/mol. The highest BCUT2D eigenvalue weighted by Gasteiger charge is 2.16. The van der Waals surface area contributed by atoms with Gasteiger partial charge in [-0.15, -0.1) is 0 Å². The summed E-state index contributed by atoms with van der Waals surface area (Å²) in [6.45, 7) is 8.24. The summed E-state index contributed by atoms with van der Waals surface area (Å²) >= 11 is 0. The molecule has 0 radical (unpaired) electrons. The second kappa shape index (κ2) is 9.32. The molecule has 3 rings (SSSR count). The van der Waals surface area contributed by atoms with E-state index in [0.717, 1.165) is 66.7 Å². The van der Waals surface area contributed by atoms with Crippen LogP contribution in [0.1, 0.15) is 45.9 Å². The number of rotatable bonds is 6. The van der Waals surface area contributed by atoms with Crippen LogP contribution >= 0.6 is 0 Å². The van der Waals surface area contributed by atoms with Gasteiger partial charge in [-0.1, -0.05) is 20.8 Å². The first-order valence-electron chi connectivity index (χ1n) is 9.06. The van der Waals surface area contributed by atoms with Crippen LogP contribution in [0.2, 0.25) is 0 Å². The fraction of sp³-hybridized carbons (Fsp3) is 0.526. The summed E-state index contributed by atoms with van der Waals surface area (Å²) in [5.41, 5.74) is 9.61. The van der Waals surface area contributed by atoms with Crippen molar-refractivity contribution in [3.63, 3.8) is 0 Å². The minimum Gasteiger partial charge on any atom is -0.385 e. The van der Waals surface area contributed by atoms with E-state index in [1.54, 1.807) is 13.3 Å². The summed E-state index contributed by atoms with van der Waals surface area (Å²) in [6, 6.07) is 3.83. The lowest BCUT2D eigenvalue weighted by Crippen LogP contribution is -2.04. The van der Waals surface area contributed by atoms with Crippen LogP contribution in [0.3, 0.4) is 0 Å². The lowest BCUT2D eigenvalue weighted by Gasteiger charge is -2.08. The molecule has 0 unspecified atom stereocenters. The molecule has 0 aromatic carbocycles. The molecule has 3 aromatic heterocycles. The highest BCUT2D eigenvalue weighted by atomic mass is 16.5. The van der Waals surface area contributed by atoms with Gasteiger partial charge in [0.05, 0.1) is 5.52 Å². The molecule has 25 heavy (non-hydrogen) atoms. The first-order chi connectivity index (χ1) is 12.2. The van der Waals surface area contributed by atoms with Gasteiger partial charge < -0.3 is 15.0 Å². The fourth-order valence-electron chi connectivity index (χ4n) is 2.85. The van der Waals surface area contributed by atoms with E-state index in [1.165, 1.54) is 0 Å². The van der Waals surface area contributed by atoms with E-state index in [9.17, 15) is 0 Å². The van der Waals surface area contributed by atoms with Gasteiger partial charge in [0.25, 0.3) is 0 Å². The van der Waals surface area contributed by atoms with Crippen molar-refractivity contribution in [3.8, 4) is 0 Å². The zero-order valence-corrected chi connectivity index (χ0v) is 15.7. The van der Waals surface area contributed by atoms with Crippen LogP contribution in [0.5, 0.6) is 0 Å². The number of hydrogen-bond donors (Lipinski definition) is 1. The van der Waals surface area contributed by atoms with Gasteiger partial charge in [-0.25, -0.2) is 9.97 Å². The van der Waals surface area contributed by atoms with Gasteiger partial charge in [-0.2, -0.15) is 0 Å². The minimum absolute atomic E-state index is 0.493. The first kappa shape index (κ1) is 19.1. The van der Waals surface area contributed by atoms with Crippen LogP contribution in [0, 0.1) is 0 Å². The molecule has 2 N–H and O–H groups in total. The molecular formula is C19H29N5O. The average molecular weight is 343 g/mol. The van der Waals surface area contributed by atoms with Gasteiger partial charge in [0.1, 0.15) is 22.4 Å². The number of aromatic nitrogens is 4. The molecule has 6 nitrogen and oxygen atoms in total. The molecule has 0 aliphatic heterocycles. The molecule has 6 heteroatoms. The molecular weight excluding hydrogens is 314 g/mol. The van der Waals surface area contributed by atoms with Crippen molar-refractivity contribution in [2.45, 2.75) is 53.0 Å². The second-order valence-corrected chi connectivity index (χ2v) is 5.99. The molecule has 3 heterocycles. The van der Waals surface area contributed by atoms with Gasteiger partial charge in [0, 0.05) is 32.9 Å². The Bertz CT molecular complexity index is 810. The predicted octanol–water partition coefficient (Wildman–Crippen LogP) is 3.97. The van der Waals surface area contributed by atoms with E-state index in [1.807, 2.05) is 12.1 Å². The van der Waals surface area contributed by atoms with Crippen LogP contribution in [-0.2, 0) is 17.7 Å². The number of aryl methyl sites for hydroxylation is 2. The van der Waals surface area contributed by atoms with Gasteiger partial charge in [0.2, 0.25) is 0 Å². The third kappa shape index (κ3) is 4.25. The van der Waals surface area contributed by atoms with Crippen molar-refractivity contribution < 1.29 is 4.74 Å². The standard InChI is InChI=1S/C15H19N5.C4H10O/c1-3-6-11-19-13-14(20(11)9-4-2)12-10(18-15(13)16)7-5-8-17-12;1-3-4-5-2/h5,7-8H,3-4,6,9H2,1-2H3,(H2,16,18);3-4H2,1-2H3. The number of nitrogen functional groups attached to an aromatic ring is 1. The third-order valence-electron chi connectivity index (χ3n) is 3.87. The summed E-state index contributed by atoms with van der Waals surface area (Å²) in [5, 5.41) is 0. The number of methoxy groups -OCH3 is 1. The number of hydrogen-bond acceptors (Lipinski definition) is 5. The van der Waals surface area contributed by atoms with Crippen LogP contribution in [0.4, 0.5) is 5.82 Å². The molecule has 0 amide bonds. The minimum atomic E-state index is 0.493. The van der Waals surface area contributed by atoms with Crippen molar-refractivity contribution in [2.24, 2.45) is 0 Å². The van der Waals surface area contributed by atoms with Crippen molar-refractivity contribution in [1.82, 2.24) is 19.5 Å². The van der Waals surface area contributed by atoms with Gasteiger partial charge in [0.15, 0.2) is 5.82 Å². The summed E-state index contributed by atoms with van der Waals surface area (Å²) in [6.07, 6.45) is 5.98. The van der Waals surface area contributed by atoms with Crippen molar-refractivity contribution >= 4 is 27.9 Å². The van der Waals surface area contributed by atoms with E-state index in [2.05, 4.69) is 35.3 Å². The fourth-order valence-corrected chi connectivity index (χ4v) is 2.85. The number of anilines is 1. The maximum atomic E-state index is 6.08. The Hall–Kier alpha value is -2.21. The van der Waals surface area contributed by atoms with Crippen molar-refractivity contribution in [1.29, 1.82) is 0 Å². The van der Waals surface area contributed by atoms with E-state index in [0.29, 0.717) is 5.82 Å². The topological polar surface area (TPSA) is 78.8 Å². The summed E-state index contributed by atoms with van der Waals surface area (Å²) in [4.78, 5) is 13.6. The zero-order chi connectivity index (χ0) is 18.2. The number of ether oxygens (including phenoxy) is 1. The van der Waals surface area contributed by atoms with Crippen molar-refractivity contribution in [3.05, 3.63) is 24.2 Å². The molecule has 3 aromatic rings. The molecule has 0 bridgehead atoms. The van der Waals surface area contributed by atoms with Gasteiger partial charge >= 0.3 is 0 Å². The van der Waals surface area contributed by atoms with Crippen LogP contribution in [0.15, 0.2) is 18.3 Å². The highest BCUT2D eigenvalue weighted by molar-refractivity contribution is 6.04. The molecule has 136 valence electrons. The zero-order valence-electron chi connectivity index (χ0n) is 15.7. The Morgan fingerprint density at radius 1 is 1.08 bits per heavy atom. The largest absolute Gasteiger partial charge is 0.385 e. The first-order valence-corrected chi connectivity index (χ1v) is 9.06. The maximum Gasteiger partial charge on any atom is 0.152 e. The number of fused-ring (bicyclic) bond motifs is 3. The van der Waals surface area contributed by atoms with Crippen LogP contribution in [-0.4, -0.2) is 33.2 Å². The molecule has 0 saturated heterocycles. The summed E-state index contributed by atoms with van der Waals surface area (Å²) < 4.78 is 6.95. The van der Waals surface area contributed by atoms with E-state index in [-0.39, 0.29) is 0 Å². The molecule has 0 aliphatic carbocycles. The normalized spacial score (nSPS) is 10.9. The molecule has 0 saturated carbocycles. The Kier molecular flexibility index (Phi) is 7.13. The highest BCUT2D eigenvalue weighted by Crippen LogP contribution is 2.28. The molecule has 0 fully saturated rings. The van der Waals surface area contributed by atoms with Crippen LogP contribution < -0.4 is 5.73 Å². The molecule has 0 atom stereocenters. The Labute approximate surface area is 149 Å². The van der Waals surface area contributed by atoms with E-state index in [4.69, 9.17) is 15.5 Å². The number of nitrogens with zero attached hydrogens (tertiary/aromatic N) is 4. The van der Waals surface area contributed by atoms with Gasteiger partial charge in [-0.3, -0.25) is 4.98 Å². The lowest BCUT2D eigenvalue weighted by atomic mass is 10.2. The smallest absolute Gasteiger partial charge is 0.152 e. The quantitative estimate of drug-likeness (QED) is 0.732. The number of nitrogens with two attached hydrogens (primary N) is 1. The molecule has 0 aliphatic rings. The monoisotopic (exact) mass is 343 g/mol. The Morgan fingerprint density at radius 2 is 1.88 bits per heavy atom. The maximum absolute atomic E-state index is 6.08. The average Bonchev–Trinajstić information content (AvgIpc) is 2.97. The third-order valence-corrected chi connectivity index (χ3v) is 3.87. The Balaban J connectivity index is 0.000000399. The van der Waals surface area contributed by atoms with Crippen molar-refractivity contribution in [2.75, 3.05) is 19.5 Å². The van der Waals surface area contributed by atoms with E-state index < -0.39 is 0 Å². The summed E-state index contributed by atoms with van der Waals surface area (Å²) in [7, 11) is 1.71. The van der Waals surface area contributed by atoms with Crippen LogP contribution in [0.25, 0.3) is 22.1 Å². The SMILES string of the molecule is CCCOC.CCCc1nc2c(N)nc3cccnc3c2n1CCC. The second-order valence-electron chi connectivity index (χ2n) is 5.99. The Morgan fingerprint density at radius 3 is 2.48 bits per heavy atom. The summed E-state index contributed by atoms with van der Waals surface area (Å²) in [5.74, 6) is 1.57. The number of pyridine rings is 2.